The summed E-state index contributed by atoms with van der Waals surface area (Å²) in [6.07, 6.45) is 0.765. The number of benzene rings is 2. The average Bonchev–Trinajstić information content (AvgIpc) is 3.15. The summed E-state index contributed by atoms with van der Waals surface area (Å²) in [7, 11) is 3.30. The monoisotopic (exact) mass is 451 g/mol. The van der Waals surface area contributed by atoms with Crippen LogP contribution in [-0.4, -0.2) is 25.1 Å². The van der Waals surface area contributed by atoms with Crippen LogP contribution >= 0.6 is 11.6 Å². The molecule has 4 rings (SSSR count). The van der Waals surface area contributed by atoms with E-state index in [-0.39, 0.29) is 11.9 Å². The molecule has 0 spiro atoms. The van der Waals surface area contributed by atoms with Crippen LogP contribution in [0.3, 0.4) is 0 Å². The Morgan fingerprint density at radius 2 is 1.50 bits per heavy atom. The van der Waals surface area contributed by atoms with Gasteiger partial charge in [-0.05, 0) is 47.9 Å². The summed E-state index contributed by atoms with van der Waals surface area (Å²) in [6.45, 7) is 3.21. The van der Waals surface area contributed by atoms with Crippen molar-refractivity contribution in [3.8, 4) is 11.5 Å². The summed E-state index contributed by atoms with van der Waals surface area (Å²) in [5.74, 6) is 2.16. The molecule has 1 unspecified atom stereocenters. The predicted octanol–water partition coefficient (Wildman–Crippen LogP) is 5.15. The van der Waals surface area contributed by atoms with Crippen LogP contribution in [0.25, 0.3) is 0 Å². The fourth-order valence-corrected chi connectivity index (χ4v) is 4.25. The Morgan fingerprint density at radius 1 is 0.969 bits per heavy atom. The van der Waals surface area contributed by atoms with Crippen molar-refractivity contribution in [3.05, 3.63) is 82.0 Å². The molecular formula is C25H26ClN3O3. The number of ether oxygens (including phenoxy) is 2. The van der Waals surface area contributed by atoms with E-state index in [1.165, 1.54) is 0 Å². The lowest BCUT2D eigenvalue weighted by molar-refractivity contribution is 0.0955. The van der Waals surface area contributed by atoms with Crippen molar-refractivity contribution in [3.63, 3.8) is 0 Å². The third kappa shape index (κ3) is 4.50. The number of hydrogen-bond acceptors (Lipinski definition) is 5. The maximum absolute atomic E-state index is 12.6. The van der Waals surface area contributed by atoms with Gasteiger partial charge in [0.25, 0.3) is 5.91 Å². The quantitative estimate of drug-likeness (QED) is 0.479. The van der Waals surface area contributed by atoms with Crippen molar-refractivity contribution >= 4 is 23.3 Å². The summed E-state index contributed by atoms with van der Waals surface area (Å²) in [4.78, 5) is 19.4. The zero-order chi connectivity index (χ0) is 22.7. The molecule has 0 fully saturated rings. The summed E-state index contributed by atoms with van der Waals surface area (Å²) >= 11 is 6.58. The Kier molecular flexibility index (Phi) is 6.51. The molecule has 0 radical (unpaired) electrons. The topological polar surface area (TPSA) is 63.7 Å². The normalized spacial score (nSPS) is 14.6. The lowest BCUT2D eigenvalue weighted by Gasteiger charge is -2.25. The van der Waals surface area contributed by atoms with Crippen LogP contribution in [0.1, 0.15) is 46.4 Å². The molecule has 7 heteroatoms. The zero-order valence-electron chi connectivity index (χ0n) is 18.4. The lowest BCUT2D eigenvalue weighted by Crippen LogP contribution is -2.24. The van der Waals surface area contributed by atoms with Gasteiger partial charge in [0.2, 0.25) is 0 Å². The lowest BCUT2D eigenvalue weighted by atomic mass is 10.1. The number of pyridine rings is 1. The third-order valence-corrected chi connectivity index (χ3v) is 5.98. The Balaban J connectivity index is 1.70. The van der Waals surface area contributed by atoms with Crippen LogP contribution in [-0.2, 0) is 13.1 Å². The van der Waals surface area contributed by atoms with Crippen LogP contribution in [0.4, 0.5) is 5.82 Å². The second-order valence-corrected chi connectivity index (χ2v) is 8.08. The number of fused-ring (bicyclic) bond motifs is 1. The summed E-state index contributed by atoms with van der Waals surface area (Å²) in [5, 5.41) is 3.36. The van der Waals surface area contributed by atoms with Gasteiger partial charge in [-0.1, -0.05) is 42.8 Å². The minimum atomic E-state index is -0.105. The first-order valence-corrected chi connectivity index (χ1v) is 10.9. The number of hydrogen-bond donors (Lipinski definition) is 1. The fourth-order valence-electron chi connectivity index (χ4n) is 3.93. The van der Waals surface area contributed by atoms with E-state index in [4.69, 9.17) is 21.1 Å². The predicted molar refractivity (Wildman–Crippen MR) is 126 cm³/mol. The number of carbonyl (C=O) groups excluding carboxylic acids is 1. The summed E-state index contributed by atoms with van der Waals surface area (Å²) < 4.78 is 10.6. The molecule has 1 amide bonds. The summed E-state index contributed by atoms with van der Waals surface area (Å²) in [5.41, 5.74) is 3.57. The van der Waals surface area contributed by atoms with Gasteiger partial charge in [-0.15, -0.1) is 0 Å². The van der Waals surface area contributed by atoms with Crippen molar-refractivity contribution in [1.82, 2.24) is 10.3 Å². The number of nitrogens with zero attached hydrogens (tertiary/aromatic N) is 2. The number of nitrogens with one attached hydrogen (secondary N) is 1. The molecule has 1 N–H and O–H groups in total. The Labute approximate surface area is 193 Å². The van der Waals surface area contributed by atoms with Crippen LogP contribution in [0.2, 0.25) is 5.15 Å². The first kappa shape index (κ1) is 22.0. The highest BCUT2D eigenvalue weighted by Gasteiger charge is 2.31. The zero-order valence-corrected chi connectivity index (χ0v) is 19.1. The Bertz CT molecular complexity index is 1050. The Morgan fingerprint density at radius 3 is 1.97 bits per heavy atom. The highest BCUT2D eigenvalue weighted by molar-refractivity contribution is 6.31. The minimum absolute atomic E-state index is 0.0943. The number of aromatic nitrogens is 1. The van der Waals surface area contributed by atoms with Gasteiger partial charge in [-0.3, -0.25) is 4.79 Å². The molecule has 0 saturated heterocycles. The van der Waals surface area contributed by atoms with E-state index in [2.05, 4.69) is 15.2 Å². The summed E-state index contributed by atoms with van der Waals surface area (Å²) in [6, 6.07) is 17.6. The number of methoxy groups -OCH3 is 2. The molecule has 1 atom stereocenters. The van der Waals surface area contributed by atoms with Crippen molar-refractivity contribution in [2.24, 2.45) is 0 Å². The molecule has 1 aliphatic heterocycles. The van der Waals surface area contributed by atoms with Crippen molar-refractivity contribution in [1.29, 1.82) is 0 Å². The van der Waals surface area contributed by atoms with E-state index in [1.807, 2.05) is 61.5 Å². The van der Waals surface area contributed by atoms with E-state index in [0.717, 1.165) is 34.6 Å². The largest absolute Gasteiger partial charge is 0.497 e. The van der Waals surface area contributed by atoms with Gasteiger partial charge < -0.3 is 19.7 Å². The van der Waals surface area contributed by atoms with Crippen LogP contribution in [0.5, 0.6) is 11.5 Å². The molecule has 2 heterocycles. The van der Waals surface area contributed by atoms with Crippen molar-refractivity contribution < 1.29 is 14.3 Å². The Hall–Kier alpha value is -3.25. The van der Waals surface area contributed by atoms with Gasteiger partial charge in [-0.25, -0.2) is 4.98 Å². The van der Waals surface area contributed by atoms with E-state index in [1.54, 1.807) is 14.2 Å². The average molecular weight is 452 g/mol. The molecule has 166 valence electrons. The van der Waals surface area contributed by atoms with Crippen LogP contribution < -0.4 is 19.7 Å². The molecule has 2 aromatic carbocycles. The standard InChI is InChI=1S/C25H26ClN3O3/c1-4-21-23-20(25(30)27-21)13-22(28-24(23)26)29(14-16-5-9-18(31-2)10-6-16)15-17-7-11-19(32-3)12-8-17/h5-13,21H,4,14-15H2,1-3H3,(H,27,30). The number of amides is 1. The highest BCUT2D eigenvalue weighted by atomic mass is 35.5. The van der Waals surface area contributed by atoms with Gasteiger partial charge in [-0.2, -0.15) is 0 Å². The molecule has 0 bridgehead atoms. The molecule has 1 aliphatic rings. The van der Waals surface area contributed by atoms with Gasteiger partial charge in [0, 0.05) is 18.7 Å². The molecule has 6 nitrogen and oxygen atoms in total. The second-order valence-electron chi connectivity index (χ2n) is 7.72. The first-order valence-electron chi connectivity index (χ1n) is 10.5. The van der Waals surface area contributed by atoms with Crippen molar-refractivity contribution in [2.75, 3.05) is 19.1 Å². The van der Waals surface area contributed by atoms with Crippen LogP contribution in [0.15, 0.2) is 54.6 Å². The number of halogens is 1. The molecule has 32 heavy (non-hydrogen) atoms. The molecule has 1 aromatic heterocycles. The van der Waals surface area contributed by atoms with E-state index >= 15 is 0 Å². The van der Waals surface area contributed by atoms with E-state index < -0.39 is 0 Å². The maximum Gasteiger partial charge on any atom is 0.252 e. The minimum Gasteiger partial charge on any atom is -0.497 e. The third-order valence-electron chi connectivity index (χ3n) is 5.69. The van der Waals surface area contributed by atoms with Crippen LogP contribution in [0, 0.1) is 0 Å². The SMILES string of the molecule is CCC1NC(=O)c2cc(N(Cc3ccc(OC)cc3)Cc3ccc(OC)cc3)nc(Cl)c21. The van der Waals surface area contributed by atoms with Gasteiger partial charge >= 0.3 is 0 Å². The van der Waals surface area contributed by atoms with Gasteiger partial charge in [0.15, 0.2) is 0 Å². The molecule has 3 aromatic rings. The number of anilines is 1. The number of rotatable bonds is 8. The second kappa shape index (κ2) is 9.49. The first-order chi connectivity index (χ1) is 15.5. The van der Waals surface area contributed by atoms with Gasteiger partial charge in [0.1, 0.15) is 22.5 Å². The van der Waals surface area contributed by atoms with Gasteiger partial charge in [0.05, 0.1) is 25.8 Å². The number of carbonyl (C=O) groups is 1. The maximum atomic E-state index is 12.6. The molecule has 0 aliphatic carbocycles. The molecule has 0 saturated carbocycles. The van der Waals surface area contributed by atoms with Crippen molar-refractivity contribution in [2.45, 2.75) is 32.5 Å². The fraction of sp³-hybridized carbons (Fsp3) is 0.280. The molecular weight excluding hydrogens is 426 g/mol. The van der Waals surface area contributed by atoms with E-state index in [9.17, 15) is 4.79 Å². The highest BCUT2D eigenvalue weighted by Crippen LogP contribution is 2.35. The van der Waals surface area contributed by atoms with E-state index in [0.29, 0.717) is 29.6 Å². The smallest absolute Gasteiger partial charge is 0.252 e.